The van der Waals surface area contributed by atoms with Crippen molar-refractivity contribution >= 4 is 21.4 Å². The Labute approximate surface area is 116 Å². The number of nitrogens with one attached hydrogen (secondary N) is 1. The zero-order chi connectivity index (χ0) is 14.8. The molecule has 1 amide bonds. The quantitative estimate of drug-likeness (QED) is 0.945. The van der Waals surface area contributed by atoms with Gasteiger partial charge in [-0.05, 0) is 36.4 Å². The van der Waals surface area contributed by atoms with Crippen LogP contribution in [0.4, 0.5) is 10.1 Å². The second-order valence-corrected chi connectivity index (χ2v) is 6.21. The third-order valence-corrected chi connectivity index (χ3v) is 3.79. The summed E-state index contributed by atoms with van der Waals surface area (Å²) in [6.45, 7) is 0. The van der Waals surface area contributed by atoms with E-state index in [-0.39, 0.29) is 10.5 Å². The number of hydrogen-bond donors (Lipinski definition) is 1. The molecular formula is C14H12FNO3S. The van der Waals surface area contributed by atoms with Crippen molar-refractivity contribution in [3.05, 3.63) is 59.9 Å². The predicted molar refractivity (Wildman–Crippen MR) is 73.9 cm³/mol. The van der Waals surface area contributed by atoms with Gasteiger partial charge in [0.15, 0.2) is 9.84 Å². The fraction of sp³-hybridized carbons (Fsp3) is 0.0714. The standard InChI is InChI=1S/C14H12FNO3S/c1-20(18,19)13-5-3-2-4-12(13)14(17)16-11-8-6-10(15)7-9-11/h2-9H,1H3,(H,16,17). The minimum atomic E-state index is -3.50. The Bertz CT molecular complexity index is 739. The van der Waals surface area contributed by atoms with Gasteiger partial charge >= 0.3 is 0 Å². The Morgan fingerprint density at radius 1 is 1.05 bits per heavy atom. The van der Waals surface area contributed by atoms with Crippen molar-refractivity contribution in [3.63, 3.8) is 0 Å². The topological polar surface area (TPSA) is 63.2 Å². The summed E-state index contributed by atoms with van der Waals surface area (Å²) in [6, 6.07) is 11.1. The van der Waals surface area contributed by atoms with Crippen LogP contribution in [0.2, 0.25) is 0 Å². The molecule has 2 rings (SSSR count). The van der Waals surface area contributed by atoms with E-state index in [0.717, 1.165) is 6.26 Å². The van der Waals surface area contributed by atoms with Crippen LogP contribution in [-0.4, -0.2) is 20.6 Å². The van der Waals surface area contributed by atoms with E-state index in [1.807, 2.05) is 0 Å². The number of carbonyl (C=O) groups is 1. The van der Waals surface area contributed by atoms with E-state index >= 15 is 0 Å². The minimum Gasteiger partial charge on any atom is -0.322 e. The molecule has 104 valence electrons. The summed E-state index contributed by atoms with van der Waals surface area (Å²) in [5.41, 5.74) is 0.444. The van der Waals surface area contributed by atoms with Crippen molar-refractivity contribution in [2.75, 3.05) is 11.6 Å². The SMILES string of the molecule is CS(=O)(=O)c1ccccc1C(=O)Nc1ccc(F)cc1. The summed E-state index contributed by atoms with van der Waals surface area (Å²) >= 11 is 0. The van der Waals surface area contributed by atoms with Gasteiger partial charge < -0.3 is 5.32 Å². The molecule has 0 radical (unpaired) electrons. The Morgan fingerprint density at radius 3 is 2.25 bits per heavy atom. The Morgan fingerprint density at radius 2 is 1.65 bits per heavy atom. The average molecular weight is 293 g/mol. The van der Waals surface area contributed by atoms with Crippen LogP contribution in [0.25, 0.3) is 0 Å². The highest BCUT2D eigenvalue weighted by atomic mass is 32.2. The van der Waals surface area contributed by atoms with Crippen LogP contribution in [0, 0.1) is 5.82 Å². The van der Waals surface area contributed by atoms with Crippen molar-refractivity contribution in [2.24, 2.45) is 0 Å². The summed E-state index contributed by atoms with van der Waals surface area (Å²) in [4.78, 5) is 12.1. The van der Waals surface area contributed by atoms with Gasteiger partial charge in [0, 0.05) is 11.9 Å². The molecule has 0 aliphatic heterocycles. The van der Waals surface area contributed by atoms with E-state index in [2.05, 4.69) is 5.32 Å². The van der Waals surface area contributed by atoms with Gasteiger partial charge in [-0.25, -0.2) is 12.8 Å². The number of carbonyl (C=O) groups excluding carboxylic acids is 1. The monoisotopic (exact) mass is 293 g/mol. The predicted octanol–water partition coefficient (Wildman–Crippen LogP) is 2.48. The lowest BCUT2D eigenvalue weighted by Gasteiger charge is -2.08. The molecule has 0 aliphatic rings. The second-order valence-electron chi connectivity index (χ2n) is 4.23. The zero-order valence-corrected chi connectivity index (χ0v) is 11.4. The number of amides is 1. The molecule has 0 unspecified atom stereocenters. The van der Waals surface area contributed by atoms with E-state index < -0.39 is 21.6 Å². The van der Waals surface area contributed by atoms with Crippen LogP contribution in [-0.2, 0) is 9.84 Å². The first-order valence-corrected chi connectivity index (χ1v) is 7.63. The highest BCUT2D eigenvalue weighted by Crippen LogP contribution is 2.17. The molecule has 0 fully saturated rings. The molecule has 2 aromatic rings. The van der Waals surface area contributed by atoms with Crippen LogP contribution in [0.5, 0.6) is 0 Å². The maximum atomic E-state index is 12.8. The molecule has 6 heteroatoms. The Kier molecular flexibility index (Phi) is 3.85. The van der Waals surface area contributed by atoms with E-state index in [4.69, 9.17) is 0 Å². The van der Waals surface area contributed by atoms with Crippen LogP contribution < -0.4 is 5.32 Å². The first kappa shape index (κ1) is 14.2. The highest BCUT2D eigenvalue weighted by molar-refractivity contribution is 7.90. The third kappa shape index (κ3) is 3.21. The van der Waals surface area contributed by atoms with E-state index in [1.165, 1.54) is 36.4 Å². The summed E-state index contributed by atoms with van der Waals surface area (Å²) in [6.07, 6.45) is 1.04. The molecule has 0 atom stereocenters. The molecule has 0 aliphatic carbocycles. The number of sulfone groups is 1. The van der Waals surface area contributed by atoms with Gasteiger partial charge in [-0.1, -0.05) is 12.1 Å². The molecule has 0 heterocycles. The number of rotatable bonds is 3. The summed E-state index contributed by atoms with van der Waals surface area (Å²) in [5, 5.41) is 2.53. The number of hydrogen-bond acceptors (Lipinski definition) is 3. The number of halogens is 1. The van der Waals surface area contributed by atoms with Crippen molar-refractivity contribution < 1.29 is 17.6 Å². The highest BCUT2D eigenvalue weighted by Gasteiger charge is 2.18. The first-order valence-electron chi connectivity index (χ1n) is 5.74. The molecule has 0 saturated carbocycles. The molecule has 0 bridgehead atoms. The van der Waals surface area contributed by atoms with Gasteiger partial charge in [-0.2, -0.15) is 0 Å². The van der Waals surface area contributed by atoms with Gasteiger partial charge in [-0.3, -0.25) is 4.79 Å². The van der Waals surface area contributed by atoms with Crippen molar-refractivity contribution in [1.29, 1.82) is 0 Å². The molecule has 0 aromatic heterocycles. The lowest BCUT2D eigenvalue weighted by atomic mass is 10.2. The fourth-order valence-electron chi connectivity index (χ4n) is 1.71. The third-order valence-electron chi connectivity index (χ3n) is 2.63. The molecule has 4 nitrogen and oxygen atoms in total. The van der Waals surface area contributed by atoms with Crippen LogP contribution in [0.1, 0.15) is 10.4 Å². The normalized spacial score (nSPS) is 11.1. The maximum absolute atomic E-state index is 12.8. The average Bonchev–Trinajstić information content (AvgIpc) is 2.40. The molecule has 0 saturated heterocycles. The van der Waals surface area contributed by atoms with E-state index in [0.29, 0.717) is 5.69 Å². The molecule has 20 heavy (non-hydrogen) atoms. The summed E-state index contributed by atoms with van der Waals surface area (Å²) < 4.78 is 36.0. The molecule has 0 spiro atoms. The lowest BCUT2D eigenvalue weighted by Crippen LogP contribution is -2.15. The number of benzene rings is 2. The smallest absolute Gasteiger partial charge is 0.256 e. The maximum Gasteiger partial charge on any atom is 0.256 e. The lowest BCUT2D eigenvalue weighted by molar-refractivity contribution is 0.102. The Balaban J connectivity index is 2.33. The second kappa shape index (κ2) is 5.42. The molecular weight excluding hydrogens is 281 g/mol. The first-order chi connectivity index (χ1) is 9.38. The van der Waals surface area contributed by atoms with Gasteiger partial charge in [0.1, 0.15) is 5.82 Å². The van der Waals surface area contributed by atoms with E-state index in [1.54, 1.807) is 12.1 Å². The zero-order valence-electron chi connectivity index (χ0n) is 10.6. The molecule has 1 N–H and O–H groups in total. The van der Waals surface area contributed by atoms with Crippen molar-refractivity contribution in [1.82, 2.24) is 0 Å². The number of anilines is 1. The van der Waals surface area contributed by atoms with Gasteiger partial charge in [-0.15, -0.1) is 0 Å². The molecule has 2 aromatic carbocycles. The summed E-state index contributed by atoms with van der Waals surface area (Å²) in [5.74, 6) is -0.975. The van der Waals surface area contributed by atoms with Crippen molar-refractivity contribution in [3.8, 4) is 0 Å². The summed E-state index contributed by atoms with van der Waals surface area (Å²) in [7, 11) is -3.50. The van der Waals surface area contributed by atoms with Crippen LogP contribution in [0.15, 0.2) is 53.4 Å². The van der Waals surface area contributed by atoms with Gasteiger partial charge in [0.25, 0.3) is 5.91 Å². The van der Waals surface area contributed by atoms with Crippen LogP contribution in [0.3, 0.4) is 0 Å². The largest absolute Gasteiger partial charge is 0.322 e. The van der Waals surface area contributed by atoms with Crippen molar-refractivity contribution in [2.45, 2.75) is 4.90 Å². The minimum absolute atomic E-state index is 0.0420. The fourth-order valence-corrected chi connectivity index (χ4v) is 2.60. The van der Waals surface area contributed by atoms with Crippen LogP contribution >= 0.6 is 0 Å². The van der Waals surface area contributed by atoms with E-state index in [9.17, 15) is 17.6 Å². The van der Waals surface area contributed by atoms with Gasteiger partial charge in [0.2, 0.25) is 0 Å². The Hall–Kier alpha value is -2.21. The van der Waals surface area contributed by atoms with Gasteiger partial charge in [0.05, 0.1) is 10.5 Å².